The molecular formula is C29H35NO6. The van der Waals surface area contributed by atoms with Crippen LogP contribution in [-0.2, 0) is 40.1 Å². The molecule has 1 amide bonds. The highest BCUT2D eigenvalue weighted by Crippen LogP contribution is 2.29. The Morgan fingerprint density at radius 2 is 1.64 bits per heavy atom. The first-order chi connectivity index (χ1) is 17.4. The molecule has 0 bridgehead atoms. The van der Waals surface area contributed by atoms with Crippen LogP contribution in [0.1, 0.15) is 61.3 Å². The highest BCUT2D eigenvalue weighted by molar-refractivity contribution is 5.83. The van der Waals surface area contributed by atoms with Gasteiger partial charge in [-0.15, -0.1) is 0 Å². The average Bonchev–Trinajstić information content (AvgIpc) is 2.86. The van der Waals surface area contributed by atoms with Gasteiger partial charge < -0.3 is 19.5 Å². The van der Waals surface area contributed by atoms with Crippen LogP contribution < -0.4 is 4.74 Å². The van der Waals surface area contributed by atoms with Crippen LogP contribution in [0.2, 0.25) is 0 Å². The SMILES string of the molecule is CCOc1ccc(CC(=O)Cc2ccc3c(c2)CCN(C(=O)OC2CCC(CC(=O)O)CC2)C3)cc1. The smallest absolute Gasteiger partial charge is 0.410 e. The van der Waals surface area contributed by atoms with Gasteiger partial charge in [0.15, 0.2) is 0 Å². The molecule has 0 unspecified atom stereocenters. The van der Waals surface area contributed by atoms with Gasteiger partial charge in [-0.3, -0.25) is 9.59 Å². The number of fused-ring (bicyclic) bond motifs is 1. The van der Waals surface area contributed by atoms with Crippen LogP contribution in [0.5, 0.6) is 5.75 Å². The van der Waals surface area contributed by atoms with Crippen LogP contribution in [0.4, 0.5) is 4.79 Å². The molecular weight excluding hydrogens is 458 g/mol. The Labute approximate surface area is 212 Å². The van der Waals surface area contributed by atoms with E-state index in [1.807, 2.05) is 43.3 Å². The minimum atomic E-state index is -0.761. The van der Waals surface area contributed by atoms with Crippen LogP contribution in [0.15, 0.2) is 42.5 Å². The molecule has 2 aromatic carbocycles. The van der Waals surface area contributed by atoms with Gasteiger partial charge in [0.25, 0.3) is 0 Å². The fraction of sp³-hybridized carbons (Fsp3) is 0.483. The van der Waals surface area contributed by atoms with Gasteiger partial charge in [0, 0.05) is 32.4 Å². The number of benzene rings is 2. The number of ether oxygens (including phenoxy) is 2. The summed E-state index contributed by atoms with van der Waals surface area (Å²) in [4.78, 5) is 38.0. The molecule has 1 N–H and O–H groups in total. The topological polar surface area (TPSA) is 93.1 Å². The van der Waals surface area contributed by atoms with E-state index in [1.165, 1.54) is 5.56 Å². The number of carbonyl (C=O) groups is 3. The number of rotatable bonds is 9. The second kappa shape index (κ2) is 12.1. The highest BCUT2D eigenvalue weighted by atomic mass is 16.6. The van der Waals surface area contributed by atoms with Gasteiger partial charge in [0.2, 0.25) is 0 Å². The summed E-state index contributed by atoms with van der Waals surface area (Å²) in [6.45, 7) is 3.65. The molecule has 0 spiro atoms. The summed E-state index contributed by atoms with van der Waals surface area (Å²) in [5, 5.41) is 8.96. The van der Waals surface area contributed by atoms with Crippen molar-refractivity contribution >= 4 is 17.8 Å². The maximum Gasteiger partial charge on any atom is 0.410 e. The van der Waals surface area contributed by atoms with E-state index in [9.17, 15) is 14.4 Å². The summed E-state index contributed by atoms with van der Waals surface area (Å²) in [5.74, 6) is 0.395. The zero-order valence-corrected chi connectivity index (χ0v) is 20.9. The summed E-state index contributed by atoms with van der Waals surface area (Å²) in [6, 6.07) is 13.8. The largest absolute Gasteiger partial charge is 0.494 e. The van der Waals surface area contributed by atoms with Gasteiger partial charge in [0.05, 0.1) is 6.61 Å². The molecule has 0 radical (unpaired) electrons. The molecule has 0 aromatic heterocycles. The fourth-order valence-electron chi connectivity index (χ4n) is 5.18. The minimum Gasteiger partial charge on any atom is -0.494 e. The van der Waals surface area contributed by atoms with Crippen molar-refractivity contribution in [3.8, 4) is 5.75 Å². The Balaban J connectivity index is 1.25. The van der Waals surface area contributed by atoms with Crippen molar-refractivity contribution in [2.75, 3.05) is 13.2 Å². The second-order valence-electron chi connectivity index (χ2n) is 9.87. The molecule has 4 rings (SSSR count). The molecule has 0 atom stereocenters. The minimum absolute atomic E-state index is 0.132. The lowest BCUT2D eigenvalue weighted by molar-refractivity contribution is -0.138. The quantitative estimate of drug-likeness (QED) is 0.530. The molecule has 1 saturated carbocycles. The number of aliphatic carboxylic acids is 1. The maximum absolute atomic E-state index is 12.7. The van der Waals surface area contributed by atoms with Crippen LogP contribution >= 0.6 is 0 Å². The Morgan fingerprint density at radius 3 is 2.33 bits per heavy atom. The van der Waals surface area contributed by atoms with Crippen molar-refractivity contribution < 1.29 is 29.0 Å². The zero-order chi connectivity index (χ0) is 25.5. The van der Waals surface area contributed by atoms with E-state index < -0.39 is 5.97 Å². The van der Waals surface area contributed by atoms with E-state index >= 15 is 0 Å². The van der Waals surface area contributed by atoms with Crippen molar-refractivity contribution in [2.45, 2.75) is 70.9 Å². The molecule has 1 aliphatic carbocycles. The summed E-state index contributed by atoms with van der Waals surface area (Å²) in [5.41, 5.74) is 4.25. The molecule has 2 aromatic rings. The zero-order valence-electron chi connectivity index (χ0n) is 20.9. The van der Waals surface area contributed by atoms with Gasteiger partial charge in [-0.2, -0.15) is 0 Å². The lowest BCUT2D eigenvalue weighted by Gasteiger charge is -2.32. The normalized spacial score (nSPS) is 19.3. The number of hydrogen-bond donors (Lipinski definition) is 1. The molecule has 0 saturated heterocycles. The molecule has 7 nitrogen and oxygen atoms in total. The third-order valence-electron chi connectivity index (χ3n) is 7.10. The van der Waals surface area contributed by atoms with Crippen LogP contribution in [0.3, 0.4) is 0 Å². The monoisotopic (exact) mass is 493 g/mol. The van der Waals surface area contributed by atoms with E-state index in [-0.39, 0.29) is 30.3 Å². The molecule has 7 heteroatoms. The standard InChI is InChI=1S/C29H35NO6/c1-2-35-26-9-4-20(5-10-26)16-25(31)17-22-3-8-24-19-30(14-13-23(24)15-22)29(34)36-27-11-6-21(7-12-27)18-28(32)33/h3-5,8-10,15,21,27H,2,6-7,11-14,16-19H2,1H3,(H,32,33). The first-order valence-corrected chi connectivity index (χ1v) is 12.9. The van der Waals surface area contributed by atoms with Crippen molar-refractivity contribution in [1.29, 1.82) is 0 Å². The Kier molecular flexibility index (Phi) is 8.62. The Morgan fingerprint density at radius 1 is 0.944 bits per heavy atom. The van der Waals surface area contributed by atoms with Crippen LogP contribution in [0.25, 0.3) is 0 Å². The second-order valence-corrected chi connectivity index (χ2v) is 9.87. The van der Waals surface area contributed by atoms with Gasteiger partial charge in [0.1, 0.15) is 17.6 Å². The van der Waals surface area contributed by atoms with Crippen molar-refractivity contribution in [3.63, 3.8) is 0 Å². The summed E-state index contributed by atoms with van der Waals surface area (Å²) in [6.07, 6.45) is 4.29. The number of amides is 1. The molecule has 1 fully saturated rings. The van der Waals surface area contributed by atoms with Gasteiger partial charge >= 0.3 is 12.1 Å². The Hall–Kier alpha value is -3.35. The van der Waals surface area contributed by atoms with Crippen LogP contribution in [-0.4, -0.2) is 47.1 Å². The number of ketones is 1. The molecule has 1 aliphatic heterocycles. The number of carboxylic acid groups (broad SMARTS) is 1. The van der Waals surface area contributed by atoms with Gasteiger partial charge in [-0.1, -0.05) is 30.3 Å². The van der Waals surface area contributed by atoms with E-state index in [2.05, 4.69) is 6.07 Å². The average molecular weight is 494 g/mol. The molecule has 36 heavy (non-hydrogen) atoms. The lowest BCUT2D eigenvalue weighted by atomic mass is 9.85. The predicted octanol–water partition coefficient (Wildman–Crippen LogP) is 4.97. The van der Waals surface area contributed by atoms with Crippen molar-refractivity contribution in [2.24, 2.45) is 5.92 Å². The third kappa shape index (κ3) is 7.09. The fourth-order valence-corrected chi connectivity index (χ4v) is 5.18. The number of carbonyl (C=O) groups excluding carboxylic acids is 2. The number of nitrogens with zero attached hydrogens (tertiary/aromatic N) is 1. The van der Waals surface area contributed by atoms with Crippen molar-refractivity contribution in [3.05, 3.63) is 64.7 Å². The third-order valence-corrected chi connectivity index (χ3v) is 7.10. The van der Waals surface area contributed by atoms with E-state index in [0.717, 1.165) is 54.5 Å². The van der Waals surface area contributed by atoms with E-state index in [1.54, 1.807) is 4.90 Å². The first-order valence-electron chi connectivity index (χ1n) is 12.9. The summed E-state index contributed by atoms with van der Waals surface area (Å²) < 4.78 is 11.2. The molecule has 1 heterocycles. The van der Waals surface area contributed by atoms with Gasteiger partial charge in [-0.25, -0.2) is 4.79 Å². The lowest BCUT2D eigenvalue weighted by Crippen LogP contribution is -2.39. The van der Waals surface area contributed by atoms with E-state index in [0.29, 0.717) is 32.5 Å². The number of hydrogen-bond acceptors (Lipinski definition) is 5. The number of carboxylic acids is 1. The predicted molar refractivity (Wildman–Crippen MR) is 135 cm³/mol. The summed E-state index contributed by atoms with van der Waals surface area (Å²) >= 11 is 0. The molecule has 2 aliphatic rings. The Bertz CT molecular complexity index is 1070. The maximum atomic E-state index is 12.7. The van der Waals surface area contributed by atoms with E-state index in [4.69, 9.17) is 14.6 Å². The number of Topliss-reactive ketones (excluding diaryl/α,β-unsaturated/α-hetero) is 1. The summed E-state index contributed by atoms with van der Waals surface area (Å²) in [7, 11) is 0. The first kappa shape index (κ1) is 25.7. The molecule has 192 valence electrons. The van der Waals surface area contributed by atoms with Crippen molar-refractivity contribution in [1.82, 2.24) is 4.90 Å². The highest BCUT2D eigenvalue weighted by Gasteiger charge is 2.28. The van der Waals surface area contributed by atoms with Crippen LogP contribution in [0, 0.1) is 5.92 Å². The van der Waals surface area contributed by atoms with Gasteiger partial charge in [-0.05, 0) is 79.3 Å².